The van der Waals surface area contributed by atoms with Crippen LogP contribution in [0.5, 0.6) is 0 Å². The first kappa shape index (κ1) is 18.0. The lowest BCUT2D eigenvalue weighted by Crippen LogP contribution is -2.60. The third-order valence-corrected chi connectivity index (χ3v) is 5.25. The lowest BCUT2D eigenvalue weighted by molar-refractivity contribution is -0.346. The van der Waals surface area contributed by atoms with Crippen LogP contribution in [-0.2, 0) is 14.2 Å². The molecule has 2 aliphatic heterocycles. The molecular weight excluding hydrogens is 324 g/mol. The van der Waals surface area contributed by atoms with Crippen LogP contribution in [0, 0.1) is 11.8 Å². The number of hydrogen-bond acceptors (Lipinski definition) is 9. The van der Waals surface area contributed by atoms with Crippen molar-refractivity contribution in [3.63, 3.8) is 0 Å². The average molecular weight is 348 g/mol. The quantitative estimate of drug-likeness (QED) is 0.323. The SMILES string of the molecule is C[C@]1(O)[C@H](O)C[C@@H]2C=COC(O[C@@H]3O[C@H](CO)[C@@H](O)[C@H](O)[C@H]3O)[C@@H]21. The molecule has 24 heavy (non-hydrogen) atoms. The average Bonchev–Trinajstić information content (AvgIpc) is 2.78. The predicted molar refractivity (Wildman–Crippen MR) is 77.1 cm³/mol. The van der Waals surface area contributed by atoms with Crippen molar-refractivity contribution >= 4 is 0 Å². The van der Waals surface area contributed by atoms with Gasteiger partial charge >= 0.3 is 0 Å². The van der Waals surface area contributed by atoms with Gasteiger partial charge in [-0.3, -0.25) is 0 Å². The van der Waals surface area contributed by atoms with Crippen LogP contribution < -0.4 is 0 Å². The normalized spacial score (nSPS) is 54.4. The van der Waals surface area contributed by atoms with Crippen LogP contribution in [0.4, 0.5) is 0 Å². The van der Waals surface area contributed by atoms with Crippen LogP contribution in [-0.4, -0.2) is 85.9 Å². The highest BCUT2D eigenvalue weighted by Crippen LogP contribution is 2.46. The summed E-state index contributed by atoms with van der Waals surface area (Å²) in [7, 11) is 0. The topological polar surface area (TPSA) is 149 Å². The Balaban J connectivity index is 1.76. The summed E-state index contributed by atoms with van der Waals surface area (Å²) in [6.45, 7) is 0.910. The Kier molecular flexibility index (Phi) is 4.89. The van der Waals surface area contributed by atoms with Gasteiger partial charge in [0.25, 0.3) is 0 Å². The van der Waals surface area contributed by atoms with Gasteiger partial charge in [0.2, 0.25) is 6.29 Å². The van der Waals surface area contributed by atoms with Crippen LogP contribution in [0.2, 0.25) is 0 Å². The van der Waals surface area contributed by atoms with E-state index in [1.54, 1.807) is 6.08 Å². The fourth-order valence-corrected chi connectivity index (χ4v) is 3.71. The maximum atomic E-state index is 10.5. The summed E-state index contributed by atoms with van der Waals surface area (Å²) in [5.74, 6) is -0.788. The molecule has 10 atom stereocenters. The van der Waals surface area contributed by atoms with E-state index >= 15 is 0 Å². The maximum Gasteiger partial charge on any atom is 0.207 e. The van der Waals surface area contributed by atoms with Crippen molar-refractivity contribution in [3.8, 4) is 0 Å². The molecule has 138 valence electrons. The number of rotatable bonds is 3. The molecule has 3 aliphatic rings. The van der Waals surface area contributed by atoms with Crippen molar-refractivity contribution in [2.24, 2.45) is 11.8 Å². The minimum absolute atomic E-state index is 0.182. The number of ether oxygens (including phenoxy) is 3. The van der Waals surface area contributed by atoms with Gasteiger partial charge in [-0.1, -0.05) is 0 Å². The number of fused-ring (bicyclic) bond motifs is 1. The van der Waals surface area contributed by atoms with Gasteiger partial charge in [0.05, 0.1) is 30.5 Å². The van der Waals surface area contributed by atoms with E-state index in [-0.39, 0.29) is 5.92 Å². The molecule has 1 aliphatic carbocycles. The smallest absolute Gasteiger partial charge is 0.207 e. The predicted octanol–water partition coefficient (Wildman–Crippen LogP) is -2.58. The summed E-state index contributed by atoms with van der Waals surface area (Å²) in [4.78, 5) is 0. The molecule has 1 unspecified atom stereocenters. The maximum absolute atomic E-state index is 10.5. The highest BCUT2D eigenvalue weighted by atomic mass is 16.8. The molecule has 0 radical (unpaired) electrons. The Morgan fingerprint density at radius 1 is 1.12 bits per heavy atom. The van der Waals surface area contributed by atoms with Crippen LogP contribution in [0.15, 0.2) is 12.3 Å². The lowest BCUT2D eigenvalue weighted by Gasteiger charge is -2.43. The van der Waals surface area contributed by atoms with Gasteiger partial charge in [-0.25, -0.2) is 0 Å². The van der Waals surface area contributed by atoms with Gasteiger partial charge in [-0.15, -0.1) is 0 Å². The highest BCUT2D eigenvalue weighted by molar-refractivity contribution is 5.10. The van der Waals surface area contributed by atoms with Gasteiger partial charge in [0.15, 0.2) is 6.29 Å². The van der Waals surface area contributed by atoms with Crippen molar-refractivity contribution in [2.45, 2.75) is 62.0 Å². The second kappa shape index (κ2) is 6.50. The Labute approximate surface area is 138 Å². The van der Waals surface area contributed by atoms with Crippen LogP contribution in [0.25, 0.3) is 0 Å². The van der Waals surface area contributed by atoms with Crippen molar-refractivity contribution < 1.29 is 44.8 Å². The molecule has 2 heterocycles. The Morgan fingerprint density at radius 2 is 1.83 bits per heavy atom. The molecular formula is C15H24O9. The first-order chi connectivity index (χ1) is 11.3. The molecule has 0 amide bonds. The van der Waals surface area contributed by atoms with Crippen molar-refractivity contribution in [2.75, 3.05) is 6.61 Å². The Morgan fingerprint density at radius 3 is 2.50 bits per heavy atom. The molecule has 3 rings (SSSR count). The minimum atomic E-state index is -1.56. The van der Waals surface area contributed by atoms with Crippen molar-refractivity contribution in [1.82, 2.24) is 0 Å². The zero-order valence-corrected chi connectivity index (χ0v) is 13.2. The third-order valence-electron chi connectivity index (χ3n) is 5.25. The van der Waals surface area contributed by atoms with E-state index < -0.39 is 61.2 Å². The van der Waals surface area contributed by atoms with E-state index in [0.717, 1.165) is 0 Å². The fraction of sp³-hybridized carbons (Fsp3) is 0.867. The summed E-state index contributed by atoms with van der Waals surface area (Å²) in [6.07, 6.45) is -5.62. The second-order valence-corrected chi connectivity index (χ2v) is 6.83. The molecule has 0 aromatic carbocycles. The number of aliphatic hydroxyl groups excluding tert-OH is 5. The summed E-state index contributed by atoms with van der Waals surface area (Å²) in [6, 6.07) is 0. The van der Waals surface area contributed by atoms with Crippen LogP contribution >= 0.6 is 0 Å². The number of aliphatic hydroxyl groups is 6. The summed E-state index contributed by atoms with van der Waals surface area (Å²) < 4.78 is 16.3. The van der Waals surface area contributed by atoms with Gasteiger partial charge < -0.3 is 44.8 Å². The zero-order chi connectivity index (χ0) is 17.6. The van der Waals surface area contributed by atoms with Gasteiger partial charge in [0, 0.05) is 0 Å². The monoisotopic (exact) mass is 348 g/mol. The summed E-state index contributed by atoms with van der Waals surface area (Å²) in [5, 5.41) is 59.4. The van der Waals surface area contributed by atoms with Gasteiger partial charge in [-0.05, 0) is 25.3 Å². The minimum Gasteiger partial charge on any atom is -0.472 e. The molecule has 1 saturated carbocycles. The largest absolute Gasteiger partial charge is 0.472 e. The van der Waals surface area contributed by atoms with Gasteiger partial charge in [-0.2, -0.15) is 0 Å². The highest BCUT2D eigenvalue weighted by Gasteiger charge is 2.57. The molecule has 6 N–H and O–H groups in total. The van der Waals surface area contributed by atoms with E-state index in [0.29, 0.717) is 6.42 Å². The standard InChI is InChI=1S/C15H24O9/c1-15(21)8(17)4-6-2-3-22-13(9(6)15)24-14-12(20)11(19)10(18)7(5-16)23-14/h2-3,6-14,16-21H,4-5H2,1H3/t6-,7+,8+,9+,10+,11-,12+,13?,14-,15-/m0/s1. The first-order valence-corrected chi connectivity index (χ1v) is 7.96. The molecule has 0 bridgehead atoms. The van der Waals surface area contributed by atoms with E-state index in [2.05, 4.69) is 0 Å². The molecule has 2 fully saturated rings. The first-order valence-electron chi connectivity index (χ1n) is 7.96. The van der Waals surface area contributed by atoms with E-state index in [1.165, 1.54) is 13.2 Å². The van der Waals surface area contributed by atoms with Crippen LogP contribution in [0.3, 0.4) is 0 Å². The molecule has 9 nitrogen and oxygen atoms in total. The second-order valence-electron chi connectivity index (χ2n) is 6.83. The molecule has 0 spiro atoms. The Hall–Kier alpha value is -0.780. The number of allylic oxidation sites excluding steroid dienone is 1. The van der Waals surface area contributed by atoms with E-state index in [1.807, 2.05) is 0 Å². The molecule has 1 saturated heterocycles. The van der Waals surface area contributed by atoms with Gasteiger partial charge in [0.1, 0.15) is 24.4 Å². The molecule has 9 heteroatoms. The fourth-order valence-electron chi connectivity index (χ4n) is 3.71. The van der Waals surface area contributed by atoms with Crippen molar-refractivity contribution in [3.05, 3.63) is 12.3 Å². The number of hydrogen-bond donors (Lipinski definition) is 6. The summed E-state index contributed by atoms with van der Waals surface area (Å²) in [5.41, 5.74) is -1.46. The molecule has 0 aromatic rings. The third kappa shape index (κ3) is 2.85. The van der Waals surface area contributed by atoms with Crippen molar-refractivity contribution in [1.29, 1.82) is 0 Å². The molecule has 0 aromatic heterocycles. The Bertz CT molecular complexity index is 480. The van der Waals surface area contributed by atoms with Crippen LogP contribution in [0.1, 0.15) is 13.3 Å². The summed E-state index contributed by atoms with van der Waals surface area (Å²) >= 11 is 0. The zero-order valence-electron chi connectivity index (χ0n) is 13.2. The van der Waals surface area contributed by atoms with E-state index in [9.17, 15) is 30.6 Å². The lowest BCUT2D eigenvalue weighted by atomic mass is 9.85. The van der Waals surface area contributed by atoms with E-state index in [4.69, 9.17) is 14.2 Å².